The van der Waals surface area contributed by atoms with Gasteiger partial charge in [-0.1, -0.05) is 12.1 Å². The first-order valence-corrected chi connectivity index (χ1v) is 5.90. The van der Waals surface area contributed by atoms with Gasteiger partial charge in [-0.2, -0.15) is 13.2 Å². The largest absolute Gasteiger partial charge is 0.456 e. The van der Waals surface area contributed by atoms with Crippen molar-refractivity contribution in [1.29, 1.82) is 0 Å². The summed E-state index contributed by atoms with van der Waals surface area (Å²) in [5.41, 5.74) is -3.39. The standard InChI is InChI=1S/C13H13F3N2O2/c1-11(2,3)20-10(19)8-5-4-6-9(7-8)12(17-18-12)13(14,15)16/h4-7H,1-3H3. The maximum absolute atomic E-state index is 12.9. The summed E-state index contributed by atoms with van der Waals surface area (Å²) >= 11 is 0. The molecule has 0 aromatic heterocycles. The summed E-state index contributed by atoms with van der Waals surface area (Å²) in [5, 5.41) is 6.20. The van der Waals surface area contributed by atoms with Crippen LogP contribution in [0.1, 0.15) is 36.7 Å². The Morgan fingerprint density at radius 1 is 1.20 bits per heavy atom. The number of halogens is 3. The van der Waals surface area contributed by atoms with Gasteiger partial charge < -0.3 is 4.74 Å². The number of rotatable bonds is 2. The quantitative estimate of drug-likeness (QED) is 0.776. The third-order valence-electron chi connectivity index (χ3n) is 2.59. The molecule has 1 heterocycles. The summed E-state index contributed by atoms with van der Waals surface area (Å²) in [4.78, 5) is 11.8. The summed E-state index contributed by atoms with van der Waals surface area (Å²) < 4.78 is 43.8. The number of carbonyl (C=O) groups excluding carboxylic acids is 1. The third-order valence-corrected chi connectivity index (χ3v) is 2.59. The Kier molecular flexibility index (Phi) is 3.11. The van der Waals surface area contributed by atoms with E-state index in [2.05, 4.69) is 10.2 Å². The van der Waals surface area contributed by atoms with E-state index < -0.39 is 23.4 Å². The van der Waals surface area contributed by atoms with Crippen molar-refractivity contribution in [3.63, 3.8) is 0 Å². The van der Waals surface area contributed by atoms with Crippen molar-refractivity contribution in [2.24, 2.45) is 10.2 Å². The maximum Gasteiger partial charge on any atom is 0.442 e. The van der Waals surface area contributed by atoms with Gasteiger partial charge in [0.1, 0.15) is 5.60 Å². The second-order valence-corrected chi connectivity index (χ2v) is 5.45. The van der Waals surface area contributed by atoms with E-state index in [1.807, 2.05) is 0 Å². The minimum atomic E-state index is -4.61. The molecule has 4 nitrogen and oxygen atoms in total. The topological polar surface area (TPSA) is 51.0 Å². The van der Waals surface area contributed by atoms with Gasteiger partial charge >= 0.3 is 17.8 Å². The van der Waals surface area contributed by atoms with Crippen LogP contribution in [0.5, 0.6) is 0 Å². The van der Waals surface area contributed by atoms with Gasteiger partial charge in [0.15, 0.2) is 0 Å². The molecule has 2 rings (SSSR count). The van der Waals surface area contributed by atoms with E-state index in [1.165, 1.54) is 18.2 Å². The molecule has 0 atom stereocenters. The van der Waals surface area contributed by atoms with Crippen molar-refractivity contribution in [3.05, 3.63) is 35.4 Å². The highest BCUT2D eigenvalue weighted by atomic mass is 19.4. The Balaban J connectivity index is 2.28. The lowest BCUT2D eigenvalue weighted by atomic mass is 10.0. The maximum atomic E-state index is 12.9. The Morgan fingerprint density at radius 3 is 2.25 bits per heavy atom. The minimum absolute atomic E-state index is 0.0401. The van der Waals surface area contributed by atoms with E-state index >= 15 is 0 Å². The molecule has 1 aromatic rings. The molecule has 0 saturated heterocycles. The first-order valence-electron chi connectivity index (χ1n) is 5.90. The summed E-state index contributed by atoms with van der Waals surface area (Å²) in [6.07, 6.45) is -4.61. The monoisotopic (exact) mass is 286 g/mol. The van der Waals surface area contributed by atoms with Crippen LogP contribution in [0.25, 0.3) is 0 Å². The molecule has 1 aliphatic heterocycles. The van der Waals surface area contributed by atoms with E-state index in [0.717, 1.165) is 6.07 Å². The van der Waals surface area contributed by atoms with Gasteiger partial charge in [-0.25, -0.2) is 4.79 Å². The Labute approximate surface area is 113 Å². The zero-order valence-electron chi connectivity index (χ0n) is 11.2. The van der Waals surface area contributed by atoms with E-state index in [9.17, 15) is 18.0 Å². The van der Waals surface area contributed by atoms with Crippen molar-refractivity contribution in [1.82, 2.24) is 0 Å². The van der Waals surface area contributed by atoms with Crippen LogP contribution in [-0.2, 0) is 10.4 Å². The molecule has 0 saturated carbocycles. The highest BCUT2D eigenvalue weighted by Gasteiger charge is 2.65. The molecule has 0 aliphatic carbocycles. The molecule has 0 amide bonds. The summed E-state index contributed by atoms with van der Waals surface area (Å²) in [6, 6.07) is 5.10. The number of hydrogen-bond donors (Lipinski definition) is 0. The number of nitrogens with zero attached hydrogens (tertiary/aromatic N) is 2. The number of esters is 1. The zero-order valence-corrected chi connectivity index (χ0v) is 11.2. The fraction of sp³-hybridized carbons (Fsp3) is 0.462. The molecule has 1 aromatic carbocycles. The lowest BCUT2D eigenvalue weighted by molar-refractivity contribution is -0.166. The second kappa shape index (κ2) is 4.29. The van der Waals surface area contributed by atoms with Gasteiger partial charge in [-0.15, -0.1) is 10.2 Å². The number of alkyl halides is 3. The highest BCUT2D eigenvalue weighted by Crippen LogP contribution is 2.52. The van der Waals surface area contributed by atoms with Gasteiger partial charge in [0.25, 0.3) is 0 Å². The van der Waals surface area contributed by atoms with E-state index in [1.54, 1.807) is 20.8 Å². The first-order chi connectivity index (χ1) is 9.05. The average Bonchev–Trinajstić information content (AvgIpc) is 3.07. The average molecular weight is 286 g/mol. The van der Waals surface area contributed by atoms with E-state index in [0.29, 0.717) is 0 Å². The molecule has 0 unspecified atom stereocenters. The van der Waals surface area contributed by atoms with Crippen LogP contribution in [-0.4, -0.2) is 17.7 Å². The molecule has 0 spiro atoms. The van der Waals surface area contributed by atoms with E-state index in [4.69, 9.17) is 4.74 Å². The Morgan fingerprint density at radius 2 is 1.80 bits per heavy atom. The van der Waals surface area contributed by atoms with Crippen molar-refractivity contribution >= 4 is 5.97 Å². The van der Waals surface area contributed by atoms with Crippen molar-refractivity contribution in [2.45, 2.75) is 38.2 Å². The summed E-state index contributed by atoms with van der Waals surface area (Å²) in [5.74, 6) is -0.683. The predicted octanol–water partition coefficient (Wildman–Crippen LogP) is 3.82. The van der Waals surface area contributed by atoms with Crippen molar-refractivity contribution < 1.29 is 22.7 Å². The Bertz CT molecular complexity index is 568. The Hall–Kier alpha value is -1.92. The van der Waals surface area contributed by atoms with Crippen LogP contribution in [0.3, 0.4) is 0 Å². The van der Waals surface area contributed by atoms with Gasteiger partial charge in [-0.3, -0.25) is 0 Å². The number of carbonyl (C=O) groups is 1. The predicted molar refractivity (Wildman–Crippen MR) is 64.2 cm³/mol. The van der Waals surface area contributed by atoms with Gasteiger partial charge in [-0.05, 0) is 32.9 Å². The number of ether oxygens (including phenoxy) is 1. The van der Waals surface area contributed by atoms with Crippen molar-refractivity contribution in [3.8, 4) is 0 Å². The van der Waals surface area contributed by atoms with Gasteiger partial charge in [0.05, 0.1) is 5.56 Å². The molecular weight excluding hydrogens is 273 g/mol. The molecule has 0 radical (unpaired) electrons. The van der Waals surface area contributed by atoms with Crippen LogP contribution in [0.4, 0.5) is 13.2 Å². The lowest BCUT2D eigenvalue weighted by Gasteiger charge is -2.20. The fourth-order valence-corrected chi connectivity index (χ4v) is 1.64. The van der Waals surface area contributed by atoms with Crippen LogP contribution >= 0.6 is 0 Å². The summed E-state index contributed by atoms with van der Waals surface area (Å²) in [6.45, 7) is 5.03. The summed E-state index contributed by atoms with van der Waals surface area (Å²) in [7, 11) is 0. The molecular formula is C13H13F3N2O2. The van der Waals surface area contributed by atoms with E-state index in [-0.39, 0.29) is 11.1 Å². The molecule has 1 aliphatic rings. The molecule has 7 heteroatoms. The minimum Gasteiger partial charge on any atom is -0.456 e. The fourth-order valence-electron chi connectivity index (χ4n) is 1.64. The van der Waals surface area contributed by atoms with Gasteiger partial charge in [0.2, 0.25) is 0 Å². The molecule has 20 heavy (non-hydrogen) atoms. The molecule has 108 valence electrons. The van der Waals surface area contributed by atoms with Crippen LogP contribution < -0.4 is 0 Å². The SMILES string of the molecule is CC(C)(C)OC(=O)c1cccc(C2(C(F)(F)F)N=N2)c1. The molecule has 0 bridgehead atoms. The lowest BCUT2D eigenvalue weighted by Crippen LogP contribution is -2.30. The number of benzene rings is 1. The smallest absolute Gasteiger partial charge is 0.442 e. The van der Waals surface area contributed by atoms with Gasteiger partial charge in [0, 0.05) is 5.56 Å². The molecule has 0 N–H and O–H groups in total. The normalized spacial score (nSPS) is 16.9. The first kappa shape index (κ1) is 14.5. The highest BCUT2D eigenvalue weighted by molar-refractivity contribution is 5.90. The van der Waals surface area contributed by atoms with Crippen LogP contribution in [0, 0.1) is 0 Å². The number of hydrogen-bond acceptors (Lipinski definition) is 4. The molecule has 0 fully saturated rings. The second-order valence-electron chi connectivity index (χ2n) is 5.45. The van der Waals surface area contributed by atoms with Crippen LogP contribution in [0.15, 0.2) is 34.5 Å². The zero-order chi connectivity index (χ0) is 15.2. The van der Waals surface area contributed by atoms with Crippen molar-refractivity contribution in [2.75, 3.05) is 0 Å². The van der Waals surface area contributed by atoms with Crippen LogP contribution in [0.2, 0.25) is 0 Å². The third kappa shape index (κ3) is 2.66.